The van der Waals surface area contributed by atoms with Crippen LogP contribution >= 0.6 is 0 Å². The molecule has 0 bridgehead atoms. The van der Waals surface area contributed by atoms with Gasteiger partial charge in [0.15, 0.2) is 0 Å². The molecule has 0 aromatic rings. The molecule has 0 aromatic heterocycles. The van der Waals surface area contributed by atoms with Crippen molar-refractivity contribution in [2.45, 2.75) is 26.7 Å². The Morgan fingerprint density at radius 3 is 2.81 bits per heavy atom. The zero-order valence-corrected chi connectivity index (χ0v) is 10.7. The van der Waals surface area contributed by atoms with Crippen molar-refractivity contribution in [2.75, 3.05) is 39.4 Å². The predicted molar refractivity (Wildman–Crippen MR) is 66.3 cm³/mol. The van der Waals surface area contributed by atoms with E-state index in [9.17, 15) is 0 Å². The molecule has 2 aliphatic heterocycles. The lowest BCUT2D eigenvalue weighted by atomic mass is 9.87. The summed E-state index contributed by atoms with van der Waals surface area (Å²) in [6.07, 6.45) is 2.51. The average Bonchev–Trinajstić information content (AvgIpc) is 2.88. The van der Waals surface area contributed by atoms with Gasteiger partial charge in [-0.2, -0.15) is 0 Å². The molecule has 0 spiro atoms. The minimum Gasteiger partial charge on any atom is -0.381 e. The molecule has 2 unspecified atom stereocenters. The van der Waals surface area contributed by atoms with E-state index in [0.717, 1.165) is 44.6 Å². The van der Waals surface area contributed by atoms with Crippen LogP contribution in [0.4, 0.5) is 0 Å². The Morgan fingerprint density at radius 1 is 1.50 bits per heavy atom. The van der Waals surface area contributed by atoms with Gasteiger partial charge < -0.3 is 15.4 Å². The first kappa shape index (κ1) is 12.3. The van der Waals surface area contributed by atoms with Crippen LogP contribution in [0, 0.1) is 17.3 Å². The van der Waals surface area contributed by atoms with Gasteiger partial charge in [0, 0.05) is 31.7 Å². The third-order valence-corrected chi connectivity index (χ3v) is 4.43. The van der Waals surface area contributed by atoms with Crippen LogP contribution in [0.1, 0.15) is 26.7 Å². The summed E-state index contributed by atoms with van der Waals surface area (Å²) in [7, 11) is 0. The van der Waals surface area contributed by atoms with E-state index in [1.165, 1.54) is 19.5 Å². The van der Waals surface area contributed by atoms with Crippen LogP contribution in [-0.4, -0.2) is 44.3 Å². The van der Waals surface area contributed by atoms with E-state index >= 15 is 0 Å². The van der Waals surface area contributed by atoms with Crippen molar-refractivity contribution in [3.63, 3.8) is 0 Å². The van der Waals surface area contributed by atoms with Gasteiger partial charge >= 0.3 is 0 Å². The molecular weight excluding hydrogens is 200 g/mol. The Kier molecular flexibility index (Phi) is 3.88. The van der Waals surface area contributed by atoms with Crippen LogP contribution < -0.4 is 5.73 Å². The number of nitrogens with zero attached hydrogens (tertiary/aromatic N) is 1. The Labute approximate surface area is 99.3 Å². The predicted octanol–water partition coefficient (Wildman–Crippen LogP) is 1.33. The van der Waals surface area contributed by atoms with E-state index in [-0.39, 0.29) is 5.41 Å². The molecule has 2 saturated heterocycles. The van der Waals surface area contributed by atoms with Gasteiger partial charge in [-0.15, -0.1) is 0 Å². The molecule has 94 valence electrons. The standard InChI is InChI=1S/C13H26N2O/c1-11(2)12-3-5-15(7-12)9-13(8-14)4-6-16-10-13/h11-12H,3-10,14H2,1-2H3. The number of nitrogens with two attached hydrogens (primary N) is 1. The van der Waals surface area contributed by atoms with Crippen molar-refractivity contribution in [3.05, 3.63) is 0 Å². The van der Waals surface area contributed by atoms with E-state index in [0.29, 0.717) is 0 Å². The molecule has 0 aliphatic carbocycles. The van der Waals surface area contributed by atoms with Crippen molar-refractivity contribution in [3.8, 4) is 0 Å². The topological polar surface area (TPSA) is 38.5 Å². The van der Waals surface area contributed by atoms with Gasteiger partial charge in [0.1, 0.15) is 0 Å². The third kappa shape index (κ3) is 2.58. The average molecular weight is 226 g/mol. The fourth-order valence-electron chi connectivity index (χ4n) is 3.02. The summed E-state index contributed by atoms with van der Waals surface area (Å²) in [5.41, 5.74) is 6.19. The van der Waals surface area contributed by atoms with Crippen LogP contribution in [0.25, 0.3) is 0 Å². The Morgan fingerprint density at radius 2 is 2.31 bits per heavy atom. The van der Waals surface area contributed by atoms with Crippen LogP contribution in [-0.2, 0) is 4.74 Å². The summed E-state index contributed by atoms with van der Waals surface area (Å²) >= 11 is 0. The zero-order chi connectivity index (χ0) is 11.6. The summed E-state index contributed by atoms with van der Waals surface area (Å²) < 4.78 is 5.53. The summed E-state index contributed by atoms with van der Waals surface area (Å²) in [5.74, 6) is 1.70. The van der Waals surface area contributed by atoms with Crippen molar-refractivity contribution in [1.82, 2.24) is 4.90 Å². The Hall–Kier alpha value is -0.120. The minimum atomic E-state index is 0.256. The van der Waals surface area contributed by atoms with Gasteiger partial charge in [-0.3, -0.25) is 0 Å². The van der Waals surface area contributed by atoms with E-state index in [4.69, 9.17) is 10.5 Å². The number of ether oxygens (including phenoxy) is 1. The summed E-state index contributed by atoms with van der Waals surface area (Å²) in [5, 5.41) is 0. The van der Waals surface area contributed by atoms with E-state index in [1.807, 2.05) is 0 Å². The smallest absolute Gasteiger partial charge is 0.0547 e. The largest absolute Gasteiger partial charge is 0.381 e. The highest BCUT2D eigenvalue weighted by Crippen LogP contribution is 2.32. The van der Waals surface area contributed by atoms with E-state index < -0.39 is 0 Å². The van der Waals surface area contributed by atoms with Crippen molar-refractivity contribution in [2.24, 2.45) is 23.0 Å². The molecule has 3 nitrogen and oxygen atoms in total. The molecule has 0 radical (unpaired) electrons. The molecule has 2 N–H and O–H groups in total. The quantitative estimate of drug-likeness (QED) is 0.786. The van der Waals surface area contributed by atoms with Crippen molar-refractivity contribution < 1.29 is 4.74 Å². The molecule has 0 saturated carbocycles. The third-order valence-electron chi connectivity index (χ3n) is 4.43. The fraction of sp³-hybridized carbons (Fsp3) is 1.00. The van der Waals surface area contributed by atoms with Gasteiger partial charge in [-0.25, -0.2) is 0 Å². The molecule has 2 rings (SSSR count). The van der Waals surface area contributed by atoms with Gasteiger partial charge in [0.2, 0.25) is 0 Å². The second kappa shape index (κ2) is 5.03. The summed E-state index contributed by atoms with van der Waals surface area (Å²) in [4.78, 5) is 2.60. The normalized spacial score (nSPS) is 36.4. The fourth-order valence-corrected chi connectivity index (χ4v) is 3.02. The summed E-state index contributed by atoms with van der Waals surface area (Å²) in [6.45, 7) is 10.9. The second-order valence-electron chi connectivity index (χ2n) is 6.03. The van der Waals surface area contributed by atoms with E-state index in [2.05, 4.69) is 18.7 Å². The van der Waals surface area contributed by atoms with Gasteiger partial charge in [0.25, 0.3) is 0 Å². The SMILES string of the molecule is CC(C)C1CCN(CC2(CN)CCOC2)C1. The highest BCUT2D eigenvalue weighted by molar-refractivity contribution is 4.90. The van der Waals surface area contributed by atoms with E-state index in [1.54, 1.807) is 0 Å². The van der Waals surface area contributed by atoms with Crippen molar-refractivity contribution >= 4 is 0 Å². The maximum atomic E-state index is 5.93. The van der Waals surface area contributed by atoms with Crippen LogP contribution in [0.2, 0.25) is 0 Å². The van der Waals surface area contributed by atoms with Gasteiger partial charge in [0.05, 0.1) is 6.61 Å². The second-order valence-corrected chi connectivity index (χ2v) is 6.03. The Bertz CT molecular complexity index is 224. The Balaban J connectivity index is 1.86. The van der Waals surface area contributed by atoms with Crippen LogP contribution in [0.15, 0.2) is 0 Å². The molecule has 2 aliphatic rings. The maximum Gasteiger partial charge on any atom is 0.0547 e. The van der Waals surface area contributed by atoms with Crippen LogP contribution in [0.3, 0.4) is 0 Å². The molecule has 2 atom stereocenters. The molecule has 16 heavy (non-hydrogen) atoms. The summed E-state index contributed by atoms with van der Waals surface area (Å²) in [6, 6.07) is 0. The number of hydrogen-bond acceptors (Lipinski definition) is 3. The number of hydrogen-bond donors (Lipinski definition) is 1. The monoisotopic (exact) mass is 226 g/mol. The molecule has 2 fully saturated rings. The first-order valence-electron chi connectivity index (χ1n) is 6.65. The lowest BCUT2D eigenvalue weighted by Gasteiger charge is -2.31. The minimum absolute atomic E-state index is 0.256. The molecule has 0 amide bonds. The molecular formula is C13H26N2O. The zero-order valence-electron chi connectivity index (χ0n) is 10.7. The van der Waals surface area contributed by atoms with Gasteiger partial charge in [-0.05, 0) is 31.2 Å². The number of likely N-dealkylation sites (tertiary alicyclic amines) is 1. The lowest BCUT2D eigenvalue weighted by Crippen LogP contribution is -2.42. The van der Waals surface area contributed by atoms with Crippen LogP contribution in [0.5, 0.6) is 0 Å². The molecule has 0 aromatic carbocycles. The molecule has 3 heteroatoms. The first-order chi connectivity index (χ1) is 7.65. The van der Waals surface area contributed by atoms with Gasteiger partial charge in [-0.1, -0.05) is 13.8 Å². The highest BCUT2D eigenvalue weighted by Gasteiger charge is 2.37. The first-order valence-corrected chi connectivity index (χ1v) is 6.65. The van der Waals surface area contributed by atoms with Crippen molar-refractivity contribution in [1.29, 1.82) is 0 Å². The highest BCUT2D eigenvalue weighted by atomic mass is 16.5. The lowest BCUT2D eigenvalue weighted by molar-refractivity contribution is 0.122. The number of rotatable bonds is 4. The molecule has 2 heterocycles. The maximum absolute atomic E-state index is 5.93.